The van der Waals surface area contributed by atoms with Crippen molar-refractivity contribution in [1.82, 2.24) is 0 Å². The Hall–Kier alpha value is -1.61. The number of isocyanates is 1. The smallest absolute Gasteiger partial charge is 0.372 e. The molecule has 0 aromatic carbocycles. The molecular formula is C8H13NO4. The van der Waals surface area contributed by atoms with E-state index < -0.39 is 5.97 Å². The quantitative estimate of drug-likeness (QED) is 0.234. The summed E-state index contributed by atoms with van der Waals surface area (Å²) >= 11 is 0. The summed E-state index contributed by atoms with van der Waals surface area (Å²) in [6.07, 6.45) is 0.750. The maximum atomic E-state index is 10.7. The molecule has 5 heteroatoms. The van der Waals surface area contributed by atoms with E-state index in [2.05, 4.69) is 11.3 Å². The zero-order chi connectivity index (χ0) is 10.7. The van der Waals surface area contributed by atoms with Crippen LogP contribution in [0.25, 0.3) is 0 Å². The summed E-state index contributed by atoms with van der Waals surface area (Å²) in [4.78, 5) is 19.0. The highest BCUT2D eigenvalue weighted by molar-refractivity contribution is 5.85. The Kier molecular flexibility index (Phi) is 11.1. The van der Waals surface area contributed by atoms with Crippen LogP contribution in [0.15, 0.2) is 12.3 Å². The zero-order valence-corrected chi connectivity index (χ0v) is 7.75. The van der Waals surface area contributed by atoms with E-state index in [1.807, 2.05) is 0 Å². The standard InChI is InChI=1S/C7H12O3.CHNO/c1-4-9-6(3)7(8)10-5-2;2-1-3/h3-5H2,1-2H3;2H. The largest absolute Gasteiger partial charge is 0.487 e. The highest BCUT2D eigenvalue weighted by atomic mass is 16.6. The lowest BCUT2D eigenvalue weighted by Crippen LogP contribution is -2.09. The molecule has 0 saturated carbocycles. The first-order chi connectivity index (χ1) is 6.13. The molecular weight excluding hydrogens is 174 g/mol. The number of ether oxygens (including phenoxy) is 2. The molecule has 0 aliphatic rings. The van der Waals surface area contributed by atoms with Crippen molar-refractivity contribution < 1.29 is 19.1 Å². The summed E-state index contributed by atoms with van der Waals surface area (Å²) in [7, 11) is 0. The molecule has 0 bridgehead atoms. The van der Waals surface area contributed by atoms with Crippen LogP contribution in [0.1, 0.15) is 13.8 Å². The fourth-order valence-electron chi connectivity index (χ4n) is 0.445. The van der Waals surface area contributed by atoms with Crippen LogP contribution >= 0.6 is 0 Å². The topological polar surface area (TPSA) is 76.5 Å². The lowest BCUT2D eigenvalue weighted by atomic mass is 10.5. The lowest BCUT2D eigenvalue weighted by molar-refractivity contribution is -0.142. The zero-order valence-electron chi connectivity index (χ0n) is 7.75. The number of esters is 1. The minimum atomic E-state index is -0.482. The molecule has 0 atom stereocenters. The van der Waals surface area contributed by atoms with Crippen molar-refractivity contribution in [2.75, 3.05) is 13.2 Å². The monoisotopic (exact) mass is 187 g/mol. The van der Waals surface area contributed by atoms with Gasteiger partial charge in [0, 0.05) is 0 Å². The molecule has 0 saturated heterocycles. The molecule has 13 heavy (non-hydrogen) atoms. The molecule has 0 aliphatic heterocycles. The average Bonchev–Trinajstić information content (AvgIpc) is 2.06. The Balaban J connectivity index is 0. The normalized spacial score (nSPS) is 7.23. The van der Waals surface area contributed by atoms with E-state index in [0.29, 0.717) is 13.2 Å². The Morgan fingerprint density at radius 2 is 1.77 bits per heavy atom. The molecule has 1 N–H and O–H groups in total. The van der Waals surface area contributed by atoms with Gasteiger partial charge in [-0.3, -0.25) is 0 Å². The number of carbonyl (C=O) groups is 1. The van der Waals surface area contributed by atoms with Gasteiger partial charge in [-0.15, -0.1) is 0 Å². The van der Waals surface area contributed by atoms with Crippen LogP contribution in [0.3, 0.4) is 0 Å². The first-order valence-electron chi connectivity index (χ1n) is 3.66. The van der Waals surface area contributed by atoms with Gasteiger partial charge in [0.2, 0.25) is 6.08 Å². The summed E-state index contributed by atoms with van der Waals surface area (Å²) in [5.41, 5.74) is 0. The number of nitrogens with one attached hydrogen (secondary N) is 1. The second-order valence-corrected chi connectivity index (χ2v) is 1.68. The first kappa shape index (κ1) is 13.9. The highest BCUT2D eigenvalue weighted by Crippen LogP contribution is 1.95. The second kappa shape index (κ2) is 10.4. The Morgan fingerprint density at radius 3 is 2.08 bits per heavy atom. The Labute approximate surface area is 76.8 Å². The summed E-state index contributed by atoms with van der Waals surface area (Å²) < 4.78 is 9.38. The Bertz CT molecular complexity index is 178. The van der Waals surface area contributed by atoms with Gasteiger partial charge in [-0.1, -0.05) is 0 Å². The van der Waals surface area contributed by atoms with Gasteiger partial charge in [-0.2, -0.15) is 0 Å². The van der Waals surface area contributed by atoms with E-state index in [-0.39, 0.29) is 5.76 Å². The van der Waals surface area contributed by atoms with Crippen LogP contribution in [0.5, 0.6) is 0 Å². The molecule has 0 aromatic rings. The molecule has 0 fully saturated rings. The molecule has 0 heterocycles. The van der Waals surface area contributed by atoms with Crippen molar-refractivity contribution >= 4 is 12.0 Å². The summed E-state index contributed by atoms with van der Waals surface area (Å²) in [5.74, 6) is -0.409. The van der Waals surface area contributed by atoms with E-state index in [1.165, 1.54) is 0 Å². The molecule has 0 spiro atoms. The van der Waals surface area contributed by atoms with Crippen molar-refractivity contribution in [3.8, 4) is 0 Å². The van der Waals surface area contributed by atoms with E-state index in [1.54, 1.807) is 13.8 Å². The molecule has 0 amide bonds. The molecule has 74 valence electrons. The maximum absolute atomic E-state index is 10.7. The molecule has 0 aromatic heterocycles. The molecule has 0 rings (SSSR count). The average molecular weight is 187 g/mol. The van der Waals surface area contributed by atoms with E-state index >= 15 is 0 Å². The van der Waals surface area contributed by atoms with Gasteiger partial charge in [-0.05, 0) is 20.4 Å². The van der Waals surface area contributed by atoms with Crippen molar-refractivity contribution in [1.29, 1.82) is 5.41 Å². The van der Waals surface area contributed by atoms with Crippen LogP contribution < -0.4 is 0 Å². The third kappa shape index (κ3) is 10.4. The summed E-state index contributed by atoms with van der Waals surface area (Å²) in [6.45, 7) is 7.68. The molecule has 5 nitrogen and oxygen atoms in total. The number of hydrogen-bond acceptors (Lipinski definition) is 5. The van der Waals surface area contributed by atoms with Crippen molar-refractivity contribution in [3.05, 3.63) is 12.3 Å². The fraction of sp³-hybridized carbons (Fsp3) is 0.500. The van der Waals surface area contributed by atoms with Gasteiger partial charge in [0.25, 0.3) is 0 Å². The predicted octanol–water partition coefficient (Wildman–Crippen LogP) is 1.00. The summed E-state index contributed by atoms with van der Waals surface area (Å²) in [6, 6.07) is 0. The predicted molar refractivity (Wildman–Crippen MR) is 45.8 cm³/mol. The van der Waals surface area contributed by atoms with Crippen LogP contribution in [0, 0.1) is 5.41 Å². The first-order valence-corrected chi connectivity index (χ1v) is 3.66. The van der Waals surface area contributed by atoms with Gasteiger partial charge >= 0.3 is 5.97 Å². The third-order valence-corrected chi connectivity index (χ3v) is 0.822. The van der Waals surface area contributed by atoms with Crippen LogP contribution in [0.4, 0.5) is 0 Å². The molecule has 0 aliphatic carbocycles. The number of carbonyl (C=O) groups excluding carboxylic acids is 2. The van der Waals surface area contributed by atoms with Crippen LogP contribution in [-0.2, 0) is 19.1 Å². The van der Waals surface area contributed by atoms with Crippen molar-refractivity contribution in [2.45, 2.75) is 13.8 Å². The van der Waals surface area contributed by atoms with E-state index in [9.17, 15) is 4.79 Å². The minimum absolute atomic E-state index is 0.0735. The maximum Gasteiger partial charge on any atom is 0.372 e. The van der Waals surface area contributed by atoms with Gasteiger partial charge in [0.1, 0.15) is 0 Å². The van der Waals surface area contributed by atoms with E-state index in [4.69, 9.17) is 14.9 Å². The Morgan fingerprint density at radius 1 is 1.38 bits per heavy atom. The molecule has 0 radical (unpaired) electrons. The SMILES string of the molecule is C=C(OCC)C(=O)OCC.N=C=O. The summed E-state index contributed by atoms with van der Waals surface area (Å²) in [5, 5.41) is 5.40. The number of hydrogen-bond donors (Lipinski definition) is 1. The third-order valence-electron chi connectivity index (χ3n) is 0.822. The molecule has 0 unspecified atom stereocenters. The van der Waals surface area contributed by atoms with Gasteiger partial charge < -0.3 is 9.47 Å². The van der Waals surface area contributed by atoms with Gasteiger partial charge in [0.05, 0.1) is 13.2 Å². The van der Waals surface area contributed by atoms with Crippen LogP contribution in [0.2, 0.25) is 0 Å². The van der Waals surface area contributed by atoms with E-state index in [0.717, 1.165) is 6.08 Å². The lowest BCUT2D eigenvalue weighted by Gasteiger charge is -2.04. The highest BCUT2D eigenvalue weighted by Gasteiger charge is 2.06. The minimum Gasteiger partial charge on any atom is -0.487 e. The van der Waals surface area contributed by atoms with Gasteiger partial charge in [0.15, 0.2) is 5.76 Å². The number of rotatable bonds is 4. The van der Waals surface area contributed by atoms with Gasteiger partial charge in [-0.25, -0.2) is 15.0 Å². The fourth-order valence-corrected chi connectivity index (χ4v) is 0.445. The van der Waals surface area contributed by atoms with Crippen molar-refractivity contribution in [3.63, 3.8) is 0 Å². The van der Waals surface area contributed by atoms with Crippen LogP contribution in [-0.4, -0.2) is 25.3 Å². The van der Waals surface area contributed by atoms with Crippen molar-refractivity contribution in [2.24, 2.45) is 0 Å². The second-order valence-electron chi connectivity index (χ2n) is 1.68.